The van der Waals surface area contributed by atoms with Gasteiger partial charge in [-0.1, -0.05) is 103 Å². The van der Waals surface area contributed by atoms with Gasteiger partial charge in [0, 0.05) is 0 Å². The second-order valence-electron chi connectivity index (χ2n) is 8.73. The van der Waals surface area contributed by atoms with Gasteiger partial charge in [0.25, 0.3) is 0 Å². The van der Waals surface area contributed by atoms with Crippen molar-refractivity contribution >= 4 is 23.1 Å². The predicted molar refractivity (Wildman–Crippen MR) is 147 cm³/mol. The van der Waals surface area contributed by atoms with E-state index in [1.54, 1.807) is 36.4 Å². The summed E-state index contributed by atoms with van der Waals surface area (Å²) in [6.07, 6.45) is 0. The van der Waals surface area contributed by atoms with E-state index in [9.17, 15) is 9.59 Å². The monoisotopic (exact) mass is 518 g/mol. The van der Waals surface area contributed by atoms with Crippen LogP contribution in [0.1, 0.15) is 22.3 Å². The Bertz CT molecular complexity index is 1510. The van der Waals surface area contributed by atoms with Gasteiger partial charge in [-0.25, -0.2) is 9.59 Å². The molecule has 0 saturated heterocycles. The van der Waals surface area contributed by atoms with Crippen LogP contribution in [0.2, 0.25) is 0 Å². The maximum Gasteiger partial charge on any atom is 0.348 e. The highest BCUT2D eigenvalue weighted by atomic mass is 16.6. The van der Waals surface area contributed by atoms with E-state index in [1.165, 1.54) is 7.11 Å². The maximum atomic E-state index is 13.2. The summed E-state index contributed by atoms with van der Waals surface area (Å²) in [5.41, 5.74) is 3.37. The number of carbonyl (C=O) groups excluding carboxylic acids is 2. The highest BCUT2D eigenvalue weighted by molar-refractivity contribution is 6.25. The van der Waals surface area contributed by atoms with E-state index in [1.807, 2.05) is 78.9 Å². The number of carbonyl (C=O) groups is 2. The minimum absolute atomic E-state index is 0.0135. The van der Waals surface area contributed by atoms with Crippen molar-refractivity contribution < 1.29 is 28.5 Å². The Labute approximate surface area is 226 Å². The Morgan fingerprint density at radius 2 is 1.23 bits per heavy atom. The Morgan fingerprint density at radius 3 is 1.79 bits per heavy atom. The average molecular weight is 519 g/mol. The summed E-state index contributed by atoms with van der Waals surface area (Å²) in [5, 5.41) is 0. The molecule has 6 nitrogen and oxygen atoms in total. The van der Waals surface area contributed by atoms with E-state index >= 15 is 0 Å². The van der Waals surface area contributed by atoms with Crippen LogP contribution in [0.4, 0.5) is 0 Å². The standard InChI is InChI=1S/C33H26O6/c1-36-32(34)29(26-17-19-27(20-18-26)37-21-23-11-5-2-6-12-23)31-30(38-22-24-13-7-3-8-14-24)28(33(35)39-31)25-15-9-4-10-16-25/h2-20H,21-22H2,1H3/b31-29+. The summed E-state index contributed by atoms with van der Waals surface area (Å²) >= 11 is 0. The van der Waals surface area contributed by atoms with Crippen LogP contribution in [-0.2, 0) is 37.0 Å². The van der Waals surface area contributed by atoms with Gasteiger partial charge in [-0.05, 0) is 34.4 Å². The third kappa shape index (κ3) is 5.91. The molecule has 0 fully saturated rings. The molecular formula is C33H26O6. The number of cyclic esters (lactones) is 1. The lowest BCUT2D eigenvalue weighted by molar-refractivity contribution is -0.134. The van der Waals surface area contributed by atoms with Crippen LogP contribution in [0, 0.1) is 0 Å². The Hall–Kier alpha value is -5.10. The molecule has 1 aliphatic rings. The minimum Gasteiger partial charge on any atom is -0.489 e. The SMILES string of the molecule is COC(=O)/C(=C1/OC(=O)C(c2ccccc2)=C1OCc1ccccc1)c1ccc(OCc2ccccc2)cc1. The molecule has 0 aromatic heterocycles. The van der Waals surface area contributed by atoms with Crippen LogP contribution >= 0.6 is 0 Å². The Kier molecular flexibility index (Phi) is 7.84. The molecule has 5 rings (SSSR count). The number of methoxy groups -OCH3 is 1. The molecule has 0 unspecified atom stereocenters. The van der Waals surface area contributed by atoms with E-state index < -0.39 is 11.9 Å². The summed E-state index contributed by atoms with van der Waals surface area (Å²) in [5.74, 6) is -0.449. The van der Waals surface area contributed by atoms with Crippen molar-refractivity contribution in [3.8, 4) is 5.75 Å². The zero-order valence-corrected chi connectivity index (χ0v) is 21.3. The quantitative estimate of drug-likeness (QED) is 0.190. The van der Waals surface area contributed by atoms with Gasteiger partial charge in [-0.3, -0.25) is 0 Å². The second kappa shape index (κ2) is 12.0. The normalized spacial score (nSPS) is 14.0. The summed E-state index contributed by atoms with van der Waals surface area (Å²) in [7, 11) is 1.28. The topological polar surface area (TPSA) is 71.1 Å². The van der Waals surface area contributed by atoms with Gasteiger partial charge in [0.15, 0.2) is 11.5 Å². The molecule has 0 radical (unpaired) electrons. The molecule has 0 atom stereocenters. The molecule has 1 aliphatic heterocycles. The molecule has 0 bridgehead atoms. The molecule has 1 heterocycles. The van der Waals surface area contributed by atoms with Crippen LogP contribution < -0.4 is 4.74 Å². The van der Waals surface area contributed by atoms with Crippen LogP contribution in [0.15, 0.2) is 127 Å². The van der Waals surface area contributed by atoms with Gasteiger partial charge in [0.05, 0.1) is 7.11 Å². The Balaban J connectivity index is 1.53. The van der Waals surface area contributed by atoms with Gasteiger partial charge in [-0.15, -0.1) is 0 Å². The first-order chi connectivity index (χ1) is 19.1. The van der Waals surface area contributed by atoms with E-state index in [2.05, 4.69) is 0 Å². The zero-order chi connectivity index (χ0) is 27.0. The molecule has 194 valence electrons. The highest BCUT2D eigenvalue weighted by Crippen LogP contribution is 2.39. The van der Waals surface area contributed by atoms with Crippen molar-refractivity contribution in [3.05, 3.63) is 149 Å². The van der Waals surface area contributed by atoms with Gasteiger partial charge in [0.2, 0.25) is 0 Å². The number of hydrogen-bond acceptors (Lipinski definition) is 6. The van der Waals surface area contributed by atoms with Crippen molar-refractivity contribution in [2.24, 2.45) is 0 Å². The molecule has 0 spiro atoms. The summed E-state index contributed by atoms with van der Waals surface area (Å²) in [6.45, 7) is 0.580. The van der Waals surface area contributed by atoms with Crippen molar-refractivity contribution in [2.75, 3.05) is 7.11 Å². The van der Waals surface area contributed by atoms with Crippen molar-refractivity contribution in [2.45, 2.75) is 13.2 Å². The van der Waals surface area contributed by atoms with Gasteiger partial charge in [-0.2, -0.15) is 0 Å². The van der Waals surface area contributed by atoms with Crippen molar-refractivity contribution in [1.82, 2.24) is 0 Å². The predicted octanol–water partition coefficient (Wildman–Crippen LogP) is 6.33. The number of hydrogen-bond donors (Lipinski definition) is 0. The fraction of sp³-hybridized carbons (Fsp3) is 0.0909. The summed E-state index contributed by atoms with van der Waals surface area (Å²) in [6, 6.07) is 35.4. The third-order valence-corrected chi connectivity index (χ3v) is 6.13. The van der Waals surface area contributed by atoms with E-state index in [0.29, 0.717) is 23.5 Å². The lowest BCUT2D eigenvalue weighted by Gasteiger charge is -2.14. The van der Waals surface area contributed by atoms with E-state index in [-0.39, 0.29) is 29.3 Å². The van der Waals surface area contributed by atoms with Crippen LogP contribution in [0.25, 0.3) is 11.1 Å². The van der Waals surface area contributed by atoms with Gasteiger partial charge < -0.3 is 18.9 Å². The van der Waals surface area contributed by atoms with E-state index in [4.69, 9.17) is 18.9 Å². The number of rotatable bonds is 9. The number of esters is 2. The fourth-order valence-electron chi connectivity index (χ4n) is 4.18. The lowest BCUT2D eigenvalue weighted by Crippen LogP contribution is -2.10. The lowest BCUT2D eigenvalue weighted by atomic mass is 10.0. The Morgan fingerprint density at radius 1 is 0.692 bits per heavy atom. The smallest absolute Gasteiger partial charge is 0.348 e. The van der Waals surface area contributed by atoms with Gasteiger partial charge >= 0.3 is 11.9 Å². The molecule has 0 N–H and O–H groups in total. The summed E-state index contributed by atoms with van der Waals surface area (Å²) in [4.78, 5) is 26.2. The maximum absolute atomic E-state index is 13.2. The van der Waals surface area contributed by atoms with Crippen LogP contribution in [0.3, 0.4) is 0 Å². The van der Waals surface area contributed by atoms with Crippen molar-refractivity contribution in [3.63, 3.8) is 0 Å². The molecule has 0 amide bonds. The fourth-order valence-corrected chi connectivity index (χ4v) is 4.18. The molecule has 6 heteroatoms. The molecule has 0 aliphatic carbocycles. The first kappa shape index (κ1) is 25.5. The van der Waals surface area contributed by atoms with E-state index in [0.717, 1.165) is 11.1 Å². The molecule has 39 heavy (non-hydrogen) atoms. The zero-order valence-electron chi connectivity index (χ0n) is 21.3. The van der Waals surface area contributed by atoms with Crippen LogP contribution in [0.5, 0.6) is 5.75 Å². The number of benzene rings is 4. The first-order valence-corrected chi connectivity index (χ1v) is 12.4. The molecule has 4 aromatic rings. The number of ether oxygens (including phenoxy) is 4. The molecule has 0 saturated carbocycles. The molecule has 4 aromatic carbocycles. The van der Waals surface area contributed by atoms with Gasteiger partial charge in [0.1, 0.15) is 30.1 Å². The second-order valence-corrected chi connectivity index (χ2v) is 8.73. The third-order valence-electron chi connectivity index (χ3n) is 6.13. The average Bonchev–Trinajstić information content (AvgIpc) is 3.32. The molecular weight excluding hydrogens is 492 g/mol. The highest BCUT2D eigenvalue weighted by Gasteiger charge is 2.37. The largest absolute Gasteiger partial charge is 0.489 e. The van der Waals surface area contributed by atoms with Crippen molar-refractivity contribution in [1.29, 1.82) is 0 Å². The summed E-state index contributed by atoms with van der Waals surface area (Å²) < 4.78 is 22.9. The first-order valence-electron chi connectivity index (χ1n) is 12.4. The minimum atomic E-state index is -0.661. The van der Waals surface area contributed by atoms with Crippen LogP contribution in [-0.4, -0.2) is 19.0 Å².